The van der Waals surface area contributed by atoms with E-state index >= 15 is 0 Å². The molecule has 26 heavy (non-hydrogen) atoms. The number of nitrogens with one attached hydrogen (secondary N) is 1. The van der Waals surface area contributed by atoms with Gasteiger partial charge in [-0.25, -0.2) is 13.2 Å². The first-order chi connectivity index (χ1) is 12.4. The van der Waals surface area contributed by atoms with E-state index in [0.29, 0.717) is 27.4 Å². The van der Waals surface area contributed by atoms with Gasteiger partial charge in [0.25, 0.3) is 0 Å². The van der Waals surface area contributed by atoms with Gasteiger partial charge in [0.1, 0.15) is 6.17 Å². The second kappa shape index (κ2) is 11.4. The lowest BCUT2D eigenvalue weighted by molar-refractivity contribution is 0.101. The molecular formula is C20H22ClF3N2. The van der Waals surface area contributed by atoms with Crippen LogP contribution < -0.4 is 5.32 Å². The van der Waals surface area contributed by atoms with E-state index in [-0.39, 0.29) is 6.42 Å². The largest absolute Gasteiger partial charge is 0.362 e. The van der Waals surface area contributed by atoms with Gasteiger partial charge in [0.05, 0.1) is 10.7 Å². The molecule has 0 aromatic carbocycles. The van der Waals surface area contributed by atoms with Crippen LogP contribution in [0.1, 0.15) is 25.3 Å². The Morgan fingerprint density at radius 3 is 2.62 bits per heavy atom. The van der Waals surface area contributed by atoms with E-state index in [1.807, 2.05) is 0 Å². The smallest absolute Gasteiger partial charge is 0.241 e. The lowest BCUT2D eigenvalue weighted by Gasteiger charge is -2.19. The Hall–Kier alpha value is -2.27. The molecule has 0 aliphatic heterocycles. The molecule has 0 radical (unpaired) electrons. The van der Waals surface area contributed by atoms with Crippen LogP contribution in [0.5, 0.6) is 0 Å². The highest BCUT2D eigenvalue weighted by Crippen LogP contribution is 2.32. The van der Waals surface area contributed by atoms with Gasteiger partial charge in [-0.2, -0.15) is 0 Å². The van der Waals surface area contributed by atoms with Crippen molar-refractivity contribution in [3.05, 3.63) is 83.9 Å². The van der Waals surface area contributed by atoms with E-state index in [1.165, 1.54) is 12.4 Å². The van der Waals surface area contributed by atoms with Crippen LogP contribution in [0.3, 0.4) is 0 Å². The van der Waals surface area contributed by atoms with Gasteiger partial charge in [-0.15, -0.1) is 0 Å². The number of nitrogens with zero attached hydrogens (tertiary/aromatic N) is 1. The van der Waals surface area contributed by atoms with Crippen LogP contribution in [-0.4, -0.2) is 17.6 Å². The van der Waals surface area contributed by atoms with E-state index < -0.39 is 19.0 Å². The van der Waals surface area contributed by atoms with Gasteiger partial charge in [-0.1, -0.05) is 49.1 Å². The van der Waals surface area contributed by atoms with Crippen LogP contribution in [0.4, 0.5) is 13.2 Å². The Morgan fingerprint density at radius 2 is 2.08 bits per heavy atom. The highest BCUT2D eigenvalue weighted by atomic mass is 35.5. The molecule has 1 N–H and O–H groups in total. The van der Waals surface area contributed by atoms with E-state index in [1.54, 1.807) is 43.5 Å². The predicted octanol–water partition coefficient (Wildman–Crippen LogP) is 6.25. The van der Waals surface area contributed by atoms with Crippen molar-refractivity contribution in [1.82, 2.24) is 10.3 Å². The van der Waals surface area contributed by atoms with Gasteiger partial charge in [0, 0.05) is 30.8 Å². The number of aromatic nitrogens is 1. The van der Waals surface area contributed by atoms with Crippen LogP contribution in [-0.2, 0) is 0 Å². The number of hydrogen-bond acceptors (Lipinski definition) is 2. The van der Waals surface area contributed by atoms with Gasteiger partial charge < -0.3 is 5.32 Å². The molecule has 1 unspecified atom stereocenters. The molecule has 0 amide bonds. The summed E-state index contributed by atoms with van der Waals surface area (Å²) >= 11 is 6.24. The van der Waals surface area contributed by atoms with Crippen molar-refractivity contribution < 1.29 is 13.2 Å². The molecule has 1 aromatic heterocycles. The molecule has 6 heteroatoms. The summed E-state index contributed by atoms with van der Waals surface area (Å²) in [5, 5.41) is 3.31. The van der Waals surface area contributed by atoms with Crippen molar-refractivity contribution in [3.63, 3.8) is 0 Å². The molecule has 0 aliphatic carbocycles. The summed E-state index contributed by atoms with van der Waals surface area (Å²) in [4.78, 5) is 3.94. The first-order valence-electron chi connectivity index (χ1n) is 8.03. The summed E-state index contributed by atoms with van der Waals surface area (Å²) in [6.07, 6.45) is 5.69. The Bertz CT molecular complexity index is 709. The molecular weight excluding hydrogens is 361 g/mol. The summed E-state index contributed by atoms with van der Waals surface area (Å²) in [6, 6.07) is 1.66. The van der Waals surface area contributed by atoms with Gasteiger partial charge in [-0.05, 0) is 30.3 Å². The average Bonchev–Trinajstić information content (AvgIpc) is 2.58. The molecule has 0 saturated heterocycles. The Labute approximate surface area is 157 Å². The Kier molecular flexibility index (Phi) is 9.52. The van der Waals surface area contributed by atoms with Crippen LogP contribution >= 0.6 is 11.6 Å². The number of alkyl halides is 3. The summed E-state index contributed by atoms with van der Waals surface area (Å²) in [5.41, 5.74) is 2.18. The number of allylic oxidation sites excluding steroid dienone is 6. The molecule has 0 fully saturated rings. The van der Waals surface area contributed by atoms with Gasteiger partial charge in [0.15, 0.2) is 0 Å². The molecule has 0 bridgehead atoms. The third-order valence-corrected chi connectivity index (χ3v) is 3.74. The summed E-state index contributed by atoms with van der Waals surface area (Å²) in [5.74, 6) is 0. The topological polar surface area (TPSA) is 24.9 Å². The van der Waals surface area contributed by atoms with Gasteiger partial charge in [-0.3, -0.25) is 4.98 Å². The van der Waals surface area contributed by atoms with E-state index in [9.17, 15) is 13.2 Å². The minimum absolute atomic E-state index is 0.219. The van der Waals surface area contributed by atoms with Crippen LogP contribution in [0.15, 0.2) is 73.3 Å². The van der Waals surface area contributed by atoms with Crippen molar-refractivity contribution in [1.29, 1.82) is 0 Å². The second-order valence-electron chi connectivity index (χ2n) is 5.34. The Balaban J connectivity index is 3.60. The molecule has 0 saturated carbocycles. The lowest BCUT2D eigenvalue weighted by Crippen LogP contribution is -2.14. The lowest BCUT2D eigenvalue weighted by atomic mass is 9.93. The molecule has 1 rings (SSSR count). The maximum Gasteiger partial charge on any atom is 0.241 e. The van der Waals surface area contributed by atoms with Crippen molar-refractivity contribution in [2.75, 3.05) is 0 Å². The first-order valence-corrected chi connectivity index (χ1v) is 8.40. The summed E-state index contributed by atoms with van der Waals surface area (Å²) < 4.78 is 39.5. The maximum absolute atomic E-state index is 14.3. The highest BCUT2D eigenvalue weighted by molar-refractivity contribution is 6.32. The van der Waals surface area contributed by atoms with Crippen LogP contribution in [0, 0.1) is 0 Å². The highest BCUT2D eigenvalue weighted by Gasteiger charge is 2.21. The third kappa shape index (κ3) is 6.56. The summed E-state index contributed by atoms with van der Waals surface area (Å²) in [6.45, 7) is 9.11. The molecule has 1 atom stereocenters. The fourth-order valence-corrected chi connectivity index (χ4v) is 2.65. The maximum atomic E-state index is 14.3. The molecule has 0 aliphatic rings. The first kappa shape index (κ1) is 21.8. The minimum atomic E-state index is -2.72. The third-order valence-electron chi connectivity index (χ3n) is 3.44. The molecule has 2 nitrogen and oxygen atoms in total. The zero-order valence-corrected chi connectivity index (χ0v) is 15.3. The minimum Gasteiger partial charge on any atom is -0.362 e. The molecule has 1 heterocycles. The van der Waals surface area contributed by atoms with Crippen molar-refractivity contribution in [2.45, 2.75) is 32.4 Å². The normalized spacial score (nSPS) is 14.3. The number of halogens is 4. The van der Waals surface area contributed by atoms with E-state index in [2.05, 4.69) is 23.5 Å². The quantitative estimate of drug-likeness (QED) is 0.484. The molecule has 1 aromatic rings. The number of pyridine rings is 1. The fourth-order valence-electron chi connectivity index (χ4n) is 2.43. The SMILES string of the molecule is C=C/C=C(\C=C/C)C(/CC(F)CC(F)F)=C(/NC=C)c1ccncc1Cl. The van der Waals surface area contributed by atoms with E-state index in [0.717, 1.165) is 0 Å². The number of rotatable bonds is 10. The van der Waals surface area contributed by atoms with Crippen molar-refractivity contribution in [2.24, 2.45) is 0 Å². The number of hydrogen-bond donors (Lipinski definition) is 1. The molecule has 140 valence electrons. The summed E-state index contributed by atoms with van der Waals surface area (Å²) in [7, 11) is 0. The Morgan fingerprint density at radius 1 is 1.35 bits per heavy atom. The second-order valence-corrected chi connectivity index (χ2v) is 5.75. The van der Waals surface area contributed by atoms with Gasteiger partial charge >= 0.3 is 0 Å². The van der Waals surface area contributed by atoms with Crippen molar-refractivity contribution >= 4 is 17.3 Å². The monoisotopic (exact) mass is 382 g/mol. The predicted molar refractivity (Wildman–Crippen MR) is 103 cm³/mol. The van der Waals surface area contributed by atoms with Gasteiger partial charge in [0.2, 0.25) is 6.43 Å². The van der Waals surface area contributed by atoms with Crippen molar-refractivity contribution in [3.8, 4) is 0 Å². The zero-order chi connectivity index (χ0) is 19.5. The van der Waals surface area contributed by atoms with Crippen LogP contribution in [0.25, 0.3) is 5.70 Å². The van der Waals surface area contributed by atoms with E-state index in [4.69, 9.17) is 11.6 Å². The standard InChI is InChI=1S/C20H22ClF3N2/c1-4-7-14(8-5-2)17(11-15(22)12-19(23)24)20(26-6-3)16-9-10-25-13-18(16)21/h4-10,13,15,19,26H,1,3,11-12H2,2H3/b8-5-,14-7+,20-17+. The average molecular weight is 383 g/mol. The molecule has 0 spiro atoms. The fraction of sp³-hybridized carbons (Fsp3) is 0.250. The van der Waals surface area contributed by atoms with Crippen LogP contribution in [0.2, 0.25) is 5.02 Å². The zero-order valence-electron chi connectivity index (χ0n) is 14.6.